The molecule has 0 saturated carbocycles. The first-order chi connectivity index (χ1) is 10.1. The van der Waals surface area contributed by atoms with Crippen LogP contribution in [0.5, 0.6) is 0 Å². The Kier molecular flexibility index (Phi) is 4.07. The van der Waals surface area contributed by atoms with Crippen LogP contribution in [0.3, 0.4) is 0 Å². The summed E-state index contributed by atoms with van der Waals surface area (Å²) in [5.41, 5.74) is 2.10. The Morgan fingerprint density at radius 1 is 1.29 bits per heavy atom. The molecule has 21 heavy (non-hydrogen) atoms. The maximum Gasteiger partial charge on any atom is 0.349 e. The SMILES string of the molecule is Cc1ccsc1C(=O)OCC(=O)N1CCc2sccc2C1. The molecule has 4 nitrogen and oxygen atoms in total. The number of nitrogens with zero attached hydrogens (tertiary/aromatic N) is 1. The van der Waals surface area contributed by atoms with Gasteiger partial charge in [0.15, 0.2) is 6.61 Å². The summed E-state index contributed by atoms with van der Waals surface area (Å²) in [6.45, 7) is 2.99. The monoisotopic (exact) mass is 321 g/mol. The summed E-state index contributed by atoms with van der Waals surface area (Å²) < 4.78 is 5.13. The van der Waals surface area contributed by atoms with Gasteiger partial charge in [0.05, 0.1) is 0 Å². The topological polar surface area (TPSA) is 46.6 Å². The number of carbonyl (C=O) groups excluding carboxylic acids is 2. The molecule has 0 aliphatic carbocycles. The minimum Gasteiger partial charge on any atom is -0.451 e. The summed E-state index contributed by atoms with van der Waals surface area (Å²) in [4.78, 5) is 27.7. The molecule has 0 N–H and O–H groups in total. The van der Waals surface area contributed by atoms with Crippen LogP contribution in [0.25, 0.3) is 0 Å². The number of thiophene rings is 2. The second-order valence-corrected chi connectivity index (χ2v) is 6.86. The standard InChI is InChI=1S/C15H15NO3S2/c1-10-3-6-21-14(10)15(18)19-9-13(17)16-5-2-12-11(8-16)4-7-20-12/h3-4,6-7H,2,5,8-9H2,1H3. The van der Waals surface area contributed by atoms with E-state index in [1.165, 1.54) is 21.8 Å². The zero-order chi connectivity index (χ0) is 14.8. The van der Waals surface area contributed by atoms with E-state index in [2.05, 4.69) is 11.4 Å². The average molecular weight is 321 g/mol. The third kappa shape index (κ3) is 3.01. The van der Waals surface area contributed by atoms with Crippen molar-refractivity contribution in [2.24, 2.45) is 0 Å². The van der Waals surface area contributed by atoms with Gasteiger partial charge in [-0.1, -0.05) is 0 Å². The maximum atomic E-state index is 12.1. The third-order valence-electron chi connectivity index (χ3n) is 3.53. The summed E-state index contributed by atoms with van der Waals surface area (Å²) in [6, 6.07) is 3.92. The van der Waals surface area contributed by atoms with Crippen LogP contribution in [0.15, 0.2) is 22.9 Å². The lowest BCUT2D eigenvalue weighted by Crippen LogP contribution is -2.38. The predicted molar refractivity (Wildman–Crippen MR) is 82.8 cm³/mol. The summed E-state index contributed by atoms with van der Waals surface area (Å²) in [5, 5.41) is 3.90. The fraction of sp³-hybridized carbons (Fsp3) is 0.333. The highest BCUT2D eigenvalue weighted by molar-refractivity contribution is 7.12. The highest BCUT2D eigenvalue weighted by atomic mass is 32.1. The van der Waals surface area contributed by atoms with E-state index < -0.39 is 5.97 Å². The molecule has 6 heteroatoms. The average Bonchev–Trinajstić information content (AvgIpc) is 3.11. The van der Waals surface area contributed by atoms with E-state index in [1.54, 1.807) is 16.2 Å². The van der Waals surface area contributed by atoms with Gasteiger partial charge in [-0.05, 0) is 47.4 Å². The molecule has 0 saturated heterocycles. The smallest absolute Gasteiger partial charge is 0.349 e. The first-order valence-electron chi connectivity index (χ1n) is 6.69. The lowest BCUT2D eigenvalue weighted by Gasteiger charge is -2.26. The zero-order valence-corrected chi connectivity index (χ0v) is 13.3. The first-order valence-corrected chi connectivity index (χ1v) is 8.45. The van der Waals surface area contributed by atoms with Crippen LogP contribution in [-0.4, -0.2) is 29.9 Å². The van der Waals surface area contributed by atoms with Gasteiger partial charge in [-0.2, -0.15) is 0 Å². The van der Waals surface area contributed by atoms with E-state index in [4.69, 9.17) is 4.74 Å². The normalized spacial score (nSPS) is 13.9. The van der Waals surface area contributed by atoms with E-state index in [9.17, 15) is 9.59 Å². The lowest BCUT2D eigenvalue weighted by molar-refractivity contribution is -0.135. The number of ether oxygens (including phenoxy) is 1. The van der Waals surface area contributed by atoms with Crippen molar-refractivity contribution in [3.05, 3.63) is 43.8 Å². The molecule has 2 aromatic heterocycles. The number of aryl methyl sites for hydroxylation is 1. The molecule has 0 aromatic carbocycles. The van der Waals surface area contributed by atoms with Gasteiger partial charge in [0, 0.05) is 18.0 Å². The van der Waals surface area contributed by atoms with Gasteiger partial charge < -0.3 is 9.64 Å². The molecule has 0 fully saturated rings. The largest absolute Gasteiger partial charge is 0.451 e. The molecule has 0 radical (unpaired) electrons. The second-order valence-electron chi connectivity index (χ2n) is 4.94. The minimum atomic E-state index is -0.413. The van der Waals surface area contributed by atoms with Crippen LogP contribution in [-0.2, 0) is 22.5 Å². The number of esters is 1. The first kappa shape index (κ1) is 14.3. The fourth-order valence-corrected chi connectivity index (χ4v) is 4.03. The van der Waals surface area contributed by atoms with Crippen molar-refractivity contribution in [3.63, 3.8) is 0 Å². The van der Waals surface area contributed by atoms with E-state index in [0.717, 1.165) is 12.0 Å². The van der Waals surface area contributed by atoms with Crippen LogP contribution in [0.2, 0.25) is 0 Å². The van der Waals surface area contributed by atoms with Crippen molar-refractivity contribution in [1.82, 2.24) is 4.90 Å². The van der Waals surface area contributed by atoms with Crippen LogP contribution in [0.4, 0.5) is 0 Å². The van der Waals surface area contributed by atoms with Gasteiger partial charge >= 0.3 is 5.97 Å². The molecule has 0 atom stereocenters. The highest BCUT2D eigenvalue weighted by Crippen LogP contribution is 2.24. The number of hydrogen-bond donors (Lipinski definition) is 0. The Morgan fingerprint density at radius 2 is 2.10 bits per heavy atom. The van der Waals surface area contributed by atoms with E-state index in [1.807, 2.05) is 18.4 Å². The summed E-state index contributed by atoms with van der Waals surface area (Å²) in [7, 11) is 0. The van der Waals surface area contributed by atoms with Gasteiger partial charge in [0.1, 0.15) is 4.88 Å². The van der Waals surface area contributed by atoms with Gasteiger partial charge in [-0.25, -0.2) is 4.79 Å². The number of rotatable bonds is 3. The molecular formula is C15H15NO3S2. The van der Waals surface area contributed by atoms with E-state index in [-0.39, 0.29) is 12.5 Å². The number of fused-ring (bicyclic) bond motifs is 1. The summed E-state index contributed by atoms with van der Waals surface area (Å²) >= 11 is 3.07. The Hall–Kier alpha value is -1.66. The fourth-order valence-electron chi connectivity index (χ4n) is 2.33. The van der Waals surface area contributed by atoms with E-state index in [0.29, 0.717) is 18.0 Å². The van der Waals surface area contributed by atoms with Gasteiger partial charge in [0.2, 0.25) is 0 Å². The molecule has 1 aliphatic rings. The van der Waals surface area contributed by atoms with Gasteiger partial charge in [0.25, 0.3) is 5.91 Å². The maximum absolute atomic E-state index is 12.1. The molecule has 1 amide bonds. The Labute approximate surface area is 131 Å². The summed E-state index contributed by atoms with van der Waals surface area (Å²) in [6.07, 6.45) is 0.886. The zero-order valence-electron chi connectivity index (χ0n) is 11.6. The highest BCUT2D eigenvalue weighted by Gasteiger charge is 2.23. The Bertz CT molecular complexity index is 674. The van der Waals surface area contributed by atoms with Crippen LogP contribution >= 0.6 is 22.7 Å². The van der Waals surface area contributed by atoms with Crippen molar-refractivity contribution < 1.29 is 14.3 Å². The number of amides is 1. The van der Waals surface area contributed by atoms with Crippen molar-refractivity contribution in [1.29, 1.82) is 0 Å². The molecule has 110 valence electrons. The molecule has 0 spiro atoms. The molecule has 2 aromatic rings. The third-order valence-corrected chi connectivity index (χ3v) is 5.55. The van der Waals surface area contributed by atoms with Gasteiger partial charge in [-0.3, -0.25) is 4.79 Å². The molecule has 0 bridgehead atoms. The van der Waals surface area contributed by atoms with Crippen molar-refractivity contribution in [2.75, 3.05) is 13.2 Å². The van der Waals surface area contributed by atoms with Crippen LogP contribution in [0, 0.1) is 6.92 Å². The van der Waals surface area contributed by atoms with Crippen molar-refractivity contribution in [2.45, 2.75) is 19.9 Å². The molecule has 3 rings (SSSR count). The Balaban J connectivity index is 1.56. The molecule has 3 heterocycles. The van der Waals surface area contributed by atoms with Crippen molar-refractivity contribution in [3.8, 4) is 0 Å². The quantitative estimate of drug-likeness (QED) is 0.817. The molecular weight excluding hydrogens is 306 g/mol. The molecule has 1 aliphatic heterocycles. The van der Waals surface area contributed by atoms with E-state index >= 15 is 0 Å². The Morgan fingerprint density at radius 3 is 2.86 bits per heavy atom. The predicted octanol–water partition coefficient (Wildman–Crippen LogP) is 2.86. The number of carbonyl (C=O) groups is 2. The number of hydrogen-bond acceptors (Lipinski definition) is 5. The van der Waals surface area contributed by atoms with Crippen molar-refractivity contribution >= 4 is 34.6 Å². The lowest BCUT2D eigenvalue weighted by atomic mass is 10.1. The minimum absolute atomic E-state index is 0.130. The molecule has 0 unspecified atom stereocenters. The van der Waals surface area contributed by atoms with Gasteiger partial charge in [-0.15, -0.1) is 22.7 Å². The summed E-state index contributed by atoms with van der Waals surface area (Å²) in [5.74, 6) is -0.543. The van der Waals surface area contributed by atoms with Crippen LogP contribution < -0.4 is 0 Å². The van der Waals surface area contributed by atoms with Crippen LogP contribution in [0.1, 0.15) is 25.7 Å². The second kappa shape index (κ2) is 5.99.